The van der Waals surface area contributed by atoms with Crippen molar-refractivity contribution in [3.63, 3.8) is 0 Å². The molecule has 2 aromatic carbocycles. The van der Waals surface area contributed by atoms with Gasteiger partial charge >= 0.3 is 0 Å². The van der Waals surface area contributed by atoms with E-state index >= 15 is 0 Å². The van der Waals surface area contributed by atoms with Gasteiger partial charge in [-0.1, -0.05) is 23.8 Å². The topological polar surface area (TPSA) is 62.0 Å². The summed E-state index contributed by atoms with van der Waals surface area (Å²) in [6, 6.07) is 13.7. The highest BCUT2D eigenvalue weighted by Crippen LogP contribution is 2.13. The second-order valence-corrected chi connectivity index (χ2v) is 6.12. The number of fused-ring (bicyclic) bond motifs is 1. The molecule has 0 aliphatic carbocycles. The van der Waals surface area contributed by atoms with Crippen molar-refractivity contribution in [1.82, 2.24) is 10.3 Å². The van der Waals surface area contributed by atoms with Crippen molar-refractivity contribution in [3.05, 3.63) is 81.4 Å². The number of H-pyrrole nitrogens is 1. The SMILES string of the molecule is Cc1ccc2[nH]c(=O)c(CNC(=O)CCc3ccc(F)cc3)cc2c1. The molecule has 0 saturated heterocycles. The number of benzene rings is 2. The van der Waals surface area contributed by atoms with Crippen molar-refractivity contribution in [2.75, 3.05) is 0 Å². The number of hydrogen-bond acceptors (Lipinski definition) is 2. The zero-order chi connectivity index (χ0) is 17.8. The molecule has 0 spiro atoms. The maximum absolute atomic E-state index is 12.9. The summed E-state index contributed by atoms with van der Waals surface area (Å²) in [7, 11) is 0. The van der Waals surface area contributed by atoms with Gasteiger partial charge in [0, 0.05) is 24.0 Å². The standard InChI is InChI=1S/C20H19FN2O2/c1-13-2-8-18-15(10-13)11-16(20(25)23-18)12-22-19(24)9-5-14-3-6-17(21)7-4-14/h2-4,6-8,10-11H,5,9,12H2,1H3,(H,22,24)(H,23,25). The lowest BCUT2D eigenvalue weighted by Gasteiger charge is -2.07. The summed E-state index contributed by atoms with van der Waals surface area (Å²) in [5.41, 5.74) is 3.11. The molecule has 1 amide bonds. The van der Waals surface area contributed by atoms with Gasteiger partial charge in [-0.3, -0.25) is 9.59 Å². The second kappa shape index (κ2) is 7.30. The summed E-state index contributed by atoms with van der Waals surface area (Å²) >= 11 is 0. The summed E-state index contributed by atoms with van der Waals surface area (Å²) in [5.74, 6) is -0.438. The summed E-state index contributed by atoms with van der Waals surface area (Å²) in [6.07, 6.45) is 0.815. The Labute approximate surface area is 144 Å². The van der Waals surface area contributed by atoms with Gasteiger partial charge in [-0.05, 0) is 54.6 Å². The van der Waals surface area contributed by atoms with Crippen molar-refractivity contribution in [3.8, 4) is 0 Å². The second-order valence-electron chi connectivity index (χ2n) is 6.12. The first-order valence-corrected chi connectivity index (χ1v) is 8.15. The molecule has 0 bridgehead atoms. The van der Waals surface area contributed by atoms with Crippen LogP contribution >= 0.6 is 0 Å². The molecule has 2 N–H and O–H groups in total. The molecule has 3 aromatic rings. The van der Waals surface area contributed by atoms with E-state index in [1.807, 2.05) is 25.1 Å². The molecule has 0 fully saturated rings. The highest BCUT2D eigenvalue weighted by molar-refractivity contribution is 5.80. The van der Waals surface area contributed by atoms with Crippen LogP contribution in [0.1, 0.15) is 23.1 Å². The monoisotopic (exact) mass is 338 g/mol. The Bertz CT molecular complexity index is 962. The Hall–Kier alpha value is -2.95. The molecule has 1 heterocycles. The van der Waals surface area contributed by atoms with E-state index in [4.69, 9.17) is 0 Å². The van der Waals surface area contributed by atoms with Crippen molar-refractivity contribution in [2.24, 2.45) is 0 Å². The molecule has 0 aliphatic rings. The van der Waals surface area contributed by atoms with Gasteiger partial charge < -0.3 is 10.3 Å². The largest absolute Gasteiger partial charge is 0.352 e. The van der Waals surface area contributed by atoms with E-state index in [2.05, 4.69) is 10.3 Å². The Balaban J connectivity index is 1.61. The maximum Gasteiger partial charge on any atom is 0.253 e. The third kappa shape index (κ3) is 4.32. The van der Waals surface area contributed by atoms with Crippen molar-refractivity contribution in [1.29, 1.82) is 0 Å². The van der Waals surface area contributed by atoms with Crippen LogP contribution in [0.3, 0.4) is 0 Å². The van der Waals surface area contributed by atoms with Crippen LogP contribution < -0.4 is 10.9 Å². The van der Waals surface area contributed by atoms with E-state index in [1.54, 1.807) is 18.2 Å². The number of nitrogens with one attached hydrogen (secondary N) is 2. The molecular formula is C20H19FN2O2. The lowest BCUT2D eigenvalue weighted by atomic mass is 10.1. The number of pyridine rings is 1. The fourth-order valence-corrected chi connectivity index (χ4v) is 2.69. The number of aromatic amines is 1. The molecule has 128 valence electrons. The first-order valence-electron chi connectivity index (χ1n) is 8.15. The zero-order valence-corrected chi connectivity index (χ0v) is 13.9. The van der Waals surface area contributed by atoms with Crippen LogP contribution in [0.4, 0.5) is 4.39 Å². The number of carbonyl (C=O) groups excluding carboxylic acids is 1. The van der Waals surface area contributed by atoms with Crippen LogP contribution in [0.2, 0.25) is 0 Å². The number of amides is 1. The van der Waals surface area contributed by atoms with Crippen LogP contribution in [-0.4, -0.2) is 10.9 Å². The molecule has 1 aromatic heterocycles. The minimum absolute atomic E-state index is 0.145. The Morgan fingerprint density at radius 2 is 1.88 bits per heavy atom. The normalized spacial score (nSPS) is 10.8. The number of hydrogen-bond donors (Lipinski definition) is 2. The number of aryl methyl sites for hydroxylation is 2. The zero-order valence-electron chi connectivity index (χ0n) is 13.9. The van der Waals surface area contributed by atoms with E-state index < -0.39 is 0 Å². The van der Waals surface area contributed by atoms with Gasteiger partial charge in [-0.2, -0.15) is 0 Å². The van der Waals surface area contributed by atoms with E-state index in [1.165, 1.54) is 12.1 Å². The predicted octanol–water partition coefficient (Wildman–Crippen LogP) is 3.22. The van der Waals surface area contributed by atoms with E-state index in [0.29, 0.717) is 12.0 Å². The molecule has 0 radical (unpaired) electrons. The van der Waals surface area contributed by atoms with Gasteiger partial charge in [0.1, 0.15) is 5.82 Å². The van der Waals surface area contributed by atoms with Gasteiger partial charge in [0.25, 0.3) is 5.56 Å². The van der Waals surface area contributed by atoms with Gasteiger partial charge in [-0.15, -0.1) is 0 Å². The lowest BCUT2D eigenvalue weighted by Crippen LogP contribution is -2.26. The fourth-order valence-electron chi connectivity index (χ4n) is 2.69. The van der Waals surface area contributed by atoms with E-state index in [9.17, 15) is 14.0 Å². The van der Waals surface area contributed by atoms with Crippen LogP contribution in [0.15, 0.2) is 53.3 Å². The van der Waals surface area contributed by atoms with Crippen molar-refractivity contribution in [2.45, 2.75) is 26.3 Å². The number of aromatic nitrogens is 1. The van der Waals surface area contributed by atoms with Crippen LogP contribution in [0, 0.1) is 12.7 Å². The van der Waals surface area contributed by atoms with Crippen LogP contribution in [0.5, 0.6) is 0 Å². The molecule has 0 unspecified atom stereocenters. The first-order chi connectivity index (χ1) is 12.0. The highest BCUT2D eigenvalue weighted by Gasteiger charge is 2.07. The van der Waals surface area contributed by atoms with Gasteiger partial charge in [0.2, 0.25) is 5.91 Å². The molecule has 25 heavy (non-hydrogen) atoms. The molecule has 3 rings (SSSR count). The van der Waals surface area contributed by atoms with E-state index in [0.717, 1.165) is 22.0 Å². The third-order valence-corrected chi connectivity index (χ3v) is 4.11. The molecule has 0 saturated carbocycles. The van der Waals surface area contributed by atoms with Gasteiger partial charge in [0.15, 0.2) is 0 Å². The Kier molecular flexibility index (Phi) is 4.93. The maximum atomic E-state index is 12.9. The summed E-state index contributed by atoms with van der Waals surface area (Å²) in [5, 5.41) is 3.71. The molecular weight excluding hydrogens is 319 g/mol. The Morgan fingerprint density at radius 3 is 2.64 bits per heavy atom. The van der Waals surface area contributed by atoms with Gasteiger partial charge in [-0.25, -0.2) is 4.39 Å². The molecule has 5 heteroatoms. The van der Waals surface area contributed by atoms with Crippen LogP contribution in [0.25, 0.3) is 10.9 Å². The summed E-state index contributed by atoms with van der Waals surface area (Å²) < 4.78 is 12.9. The lowest BCUT2D eigenvalue weighted by molar-refractivity contribution is -0.121. The van der Waals surface area contributed by atoms with Crippen molar-refractivity contribution >= 4 is 16.8 Å². The fraction of sp³-hybridized carbons (Fsp3) is 0.200. The molecule has 0 aliphatic heterocycles. The molecule has 0 atom stereocenters. The first kappa shape index (κ1) is 16.9. The highest BCUT2D eigenvalue weighted by atomic mass is 19.1. The average Bonchev–Trinajstić information content (AvgIpc) is 2.60. The van der Waals surface area contributed by atoms with E-state index in [-0.39, 0.29) is 30.2 Å². The minimum atomic E-state index is -0.293. The van der Waals surface area contributed by atoms with Gasteiger partial charge in [0.05, 0.1) is 0 Å². The molecule has 4 nitrogen and oxygen atoms in total. The summed E-state index contributed by atoms with van der Waals surface area (Å²) in [6.45, 7) is 2.17. The number of halogens is 1. The number of carbonyl (C=O) groups is 1. The van der Waals surface area contributed by atoms with Crippen LogP contribution in [-0.2, 0) is 17.8 Å². The average molecular weight is 338 g/mol. The minimum Gasteiger partial charge on any atom is -0.352 e. The van der Waals surface area contributed by atoms with Crippen molar-refractivity contribution < 1.29 is 9.18 Å². The third-order valence-electron chi connectivity index (χ3n) is 4.11. The Morgan fingerprint density at radius 1 is 1.12 bits per heavy atom. The number of rotatable bonds is 5. The quantitative estimate of drug-likeness (QED) is 0.750. The summed E-state index contributed by atoms with van der Waals surface area (Å²) in [4.78, 5) is 26.9. The smallest absolute Gasteiger partial charge is 0.253 e. The predicted molar refractivity (Wildman–Crippen MR) is 95.9 cm³/mol.